The summed E-state index contributed by atoms with van der Waals surface area (Å²) >= 11 is 0. The van der Waals surface area contributed by atoms with Gasteiger partial charge in [-0.05, 0) is 35.3 Å². The van der Waals surface area contributed by atoms with E-state index in [1.165, 1.54) is 24.3 Å². The Morgan fingerprint density at radius 3 is 2.37 bits per heavy atom. The molecule has 0 radical (unpaired) electrons. The van der Waals surface area contributed by atoms with Crippen LogP contribution in [0.15, 0.2) is 65.9 Å². The molecule has 0 saturated carbocycles. The van der Waals surface area contributed by atoms with Crippen LogP contribution in [0.3, 0.4) is 0 Å². The highest BCUT2D eigenvalue weighted by atomic mass is 16.7. The van der Waals surface area contributed by atoms with E-state index in [9.17, 15) is 40.2 Å². The van der Waals surface area contributed by atoms with E-state index < -0.39 is 60.7 Å². The standard InChI is InChI=1S/C28H28O10/c29-11-14-4-1-3-13(7-14)8-15-9-17-21(18(31)10-15)25(34)22-16(23(17)32)5-2-6-19(22)37-28-27(36)26(35)24(33)20(12-30)38-28/h1-7,9-10,17,20-21,24,26-31,33,35-36H,8,11-12H2. The Morgan fingerprint density at radius 2 is 1.63 bits per heavy atom. The first-order chi connectivity index (χ1) is 18.2. The van der Waals surface area contributed by atoms with Crippen LogP contribution in [0.25, 0.3) is 0 Å². The van der Waals surface area contributed by atoms with Gasteiger partial charge < -0.3 is 40.1 Å². The molecule has 6 N–H and O–H groups in total. The second-order valence-electron chi connectivity index (χ2n) is 9.69. The highest BCUT2D eigenvalue weighted by Gasteiger charge is 2.48. The maximum absolute atomic E-state index is 13.6. The average molecular weight is 525 g/mol. The van der Waals surface area contributed by atoms with Crippen molar-refractivity contribution in [2.75, 3.05) is 6.61 Å². The maximum Gasteiger partial charge on any atom is 0.229 e. The molecule has 2 aromatic rings. The molecule has 1 heterocycles. The smallest absolute Gasteiger partial charge is 0.229 e. The lowest BCUT2D eigenvalue weighted by Gasteiger charge is -2.40. The Hall–Kier alpha value is -3.38. The fourth-order valence-corrected chi connectivity index (χ4v) is 5.26. The van der Waals surface area contributed by atoms with E-state index in [1.54, 1.807) is 18.2 Å². The predicted octanol–water partition coefficient (Wildman–Crippen LogP) is 0.594. The Bertz CT molecular complexity index is 1310. The lowest BCUT2D eigenvalue weighted by Crippen LogP contribution is -2.60. The van der Waals surface area contributed by atoms with Crippen molar-refractivity contribution in [3.8, 4) is 5.75 Å². The van der Waals surface area contributed by atoms with Crippen LogP contribution in [0, 0.1) is 11.8 Å². The summed E-state index contributed by atoms with van der Waals surface area (Å²) in [5.74, 6) is -3.42. The lowest BCUT2D eigenvalue weighted by molar-refractivity contribution is -0.277. The van der Waals surface area contributed by atoms with Gasteiger partial charge in [0.2, 0.25) is 6.29 Å². The Morgan fingerprint density at radius 1 is 0.895 bits per heavy atom. The van der Waals surface area contributed by atoms with Crippen LogP contribution in [0.5, 0.6) is 5.75 Å². The first kappa shape index (κ1) is 26.2. The fourth-order valence-electron chi connectivity index (χ4n) is 5.26. The van der Waals surface area contributed by atoms with Gasteiger partial charge in [0.15, 0.2) is 11.6 Å². The zero-order valence-electron chi connectivity index (χ0n) is 20.2. The highest BCUT2D eigenvalue weighted by Crippen LogP contribution is 2.42. The first-order valence-electron chi connectivity index (χ1n) is 12.2. The molecule has 7 atom stereocenters. The quantitative estimate of drug-likeness (QED) is 0.314. The number of Topliss-reactive ketones (excluding diaryl/α,β-unsaturated/α-hetero) is 2. The summed E-state index contributed by atoms with van der Waals surface area (Å²) in [6.45, 7) is -0.771. The molecular weight excluding hydrogens is 496 g/mol. The van der Waals surface area contributed by atoms with Crippen LogP contribution in [-0.4, -0.2) is 79.5 Å². The molecule has 0 amide bonds. The summed E-state index contributed by atoms with van der Waals surface area (Å²) < 4.78 is 11.1. The monoisotopic (exact) mass is 524 g/mol. The summed E-state index contributed by atoms with van der Waals surface area (Å²) in [5.41, 5.74) is 2.23. The van der Waals surface area contributed by atoms with E-state index in [4.69, 9.17) is 9.47 Å². The second kappa shape index (κ2) is 10.4. The van der Waals surface area contributed by atoms with Gasteiger partial charge in [0.25, 0.3) is 0 Å². The molecule has 7 unspecified atom stereocenters. The van der Waals surface area contributed by atoms with E-state index in [-0.39, 0.29) is 29.2 Å². The fraction of sp³-hybridized carbons (Fsp3) is 0.357. The van der Waals surface area contributed by atoms with Crippen molar-refractivity contribution in [2.45, 2.75) is 43.7 Å². The van der Waals surface area contributed by atoms with Gasteiger partial charge in [0.05, 0.1) is 30.6 Å². The van der Waals surface area contributed by atoms with Gasteiger partial charge in [-0.15, -0.1) is 0 Å². The van der Waals surface area contributed by atoms with Crippen molar-refractivity contribution < 1.29 is 49.7 Å². The maximum atomic E-state index is 13.6. The summed E-state index contributed by atoms with van der Waals surface area (Å²) in [5, 5.41) is 60.1. The van der Waals surface area contributed by atoms with Crippen LogP contribution < -0.4 is 4.74 Å². The molecule has 200 valence electrons. The van der Waals surface area contributed by atoms with Crippen molar-refractivity contribution >= 4 is 11.6 Å². The number of aliphatic hydroxyl groups excluding tert-OH is 6. The first-order valence-corrected chi connectivity index (χ1v) is 12.2. The SMILES string of the molecule is O=C1c2cccc(OC3OC(CO)C(O)C(O)C3O)c2C(=O)C2C(O)=CC(Cc3cccc(CO)c3)=CC12. The van der Waals surface area contributed by atoms with Crippen LogP contribution in [0.1, 0.15) is 31.8 Å². The molecule has 0 bridgehead atoms. The number of allylic oxidation sites excluding steroid dienone is 4. The molecule has 5 rings (SSSR count). The topological polar surface area (TPSA) is 174 Å². The molecule has 1 fully saturated rings. The summed E-state index contributed by atoms with van der Waals surface area (Å²) in [6.07, 6.45) is -4.21. The molecule has 10 heteroatoms. The van der Waals surface area contributed by atoms with Crippen molar-refractivity contribution in [1.29, 1.82) is 0 Å². The van der Waals surface area contributed by atoms with Crippen molar-refractivity contribution in [2.24, 2.45) is 11.8 Å². The second-order valence-corrected chi connectivity index (χ2v) is 9.69. The normalized spacial score (nSPS) is 30.7. The average Bonchev–Trinajstić information content (AvgIpc) is 2.91. The highest BCUT2D eigenvalue weighted by molar-refractivity contribution is 6.19. The van der Waals surface area contributed by atoms with E-state index in [0.717, 1.165) is 11.1 Å². The number of carbonyl (C=O) groups excluding carboxylic acids is 2. The Kier molecular flexibility index (Phi) is 7.19. The van der Waals surface area contributed by atoms with E-state index in [0.29, 0.717) is 12.0 Å². The number of aliphatic hydroxyl groups is 6. The summed E-state index contributed by atoms with van der Waals surface area (Å²) in [6, 6.07) is 11.6. The third-order valence-corrected chi connectivity index (χ3v) is 7.20. The Balaban J connectivity index is 1.45. The molecule has 0 spiro atoms. The molecule has 1 saturated heterocycles. The van der Waals surface area contributed by atoms with Gasteiger partial charge in [0.1, 0.15) is 35.9 Å². The third kappa shape index (κ3) is 4.55. The van der Waals surface area contributed by atoms with E-state index >= 15 is 0 Å². The minimum Gasteiger partial charge on any atom is -0.511 e. The molecule has 3 aliphatic rings. The summed E-state index contributed by atoms with van der Waals surface area (Å²) in [7, 11) is 0. The van der Waals surface area contributed by atoms with Gasteiger partial charge in [-0.25, -0.2) is 0 Å². The molecule has 1 aliphatic heterocycles. The number of benzene rings is 2. The minimum absolute atomic E-state index is 0.0749. The number of hydrogen-bond donors (Lipinski definition) is 6. The van der Waals surface area contributed by atoms with Crippen molar-refractivity contribution in [3.63, 3.8) is 0 Å². The molecule has 10 nitrogen and oxygen atoms in total. The predicted molar refractivity (Wildman–Crippen MR) is 131 cm³/mol. The van der Waals surface area contributed by atoms with Crippen molar-refractivity contribution in [1.82, 2.24) is 0 Å². The number of ether oxygens (including phenoxy) is 2. The van der Waals surface area contributed by atoms with E-state index in [1.807, 2.05) is 12.1 Å². The number of fused-ring (bicyclic) bond motifs is 2. The number of carbonyl (C=O) groups is 2. The zero-order valence-corrected chi connectivity index (χ0v) is 20.2. The third-order valence-electron chi connectivity index (χ3n) is 7.20. The van der Waals surface area contributed by atoms with Crippen LogP contribution in [0.4, 0.5) is 0 Å². The Labute approximate surface area is 217 Å². The van der Waals surface area contributed by atoms with Gasteiger partial charge in [0, 0.05) is 5.56 Å². The molecule has 2 aromatic carbocycles. The van der Waals surface area contributed by atoms with Crippen LogP contribution in [0.2, 0.25) is 0 Å². The lowest BCUT2D eigenvalue weighted by atomic mass is 9.70. The van der Waals surface area contributed by atoms with E-state index in [2.05, 4.69) is 0 Å². The van der Waals surface area contributed by atoms with Crippen LogP contribution >= 0.6 is 0 Å². The molecule has 38 heavy (non-hydrogen) atoms. The van der Waals surface area contributed by atoms with Gasteiger partial charge in [-0.2, -0.15) is 0 Å². The summed E-state index contributed by atoms with van der Waals surface area (Å²) in [4.78, 5) is 27.1. The van der Waals surface area contributed by atoms with Crippen molar-refractivity contribution in [3.05, 3.63) is 88.2 Å². The van der Waals surface area contributed by atoms with Gasteiger partial charge in [-0.3, -0.25) is 9.59 Å². The number of ketones is 2. The molecule has 2 aliphatic carbocycles. The number of rotatable bonds is 6. The largest absolute Gasteiger partial charge is 0.511 e. The molecular formula is C28H28O10. The zero-order chi connectivity index (χ0) is 27.1. The van der Waals surface area contributed by atoms with Crippen LogP contribution in [-0.2, 0) is 17.8 Å². The van der Waals surface area contributed by atoms with Gasteiger partial charge in [-0.1, -0.05) is 42.5 Å². The van der Waals surface area contributed by atoms with Gasteiger partial charge >= 0.3 is 0 Å². The number of hydrogen-bond acceptors (Lipinski definition) is 10. The minimum atomic E-state index is -1.70. The molecule has 0 aromatic heterocycles.